The molecule has 2 heterocycles. The minimum Gasteiger partial charge on any atom is -0.383 e. The number of hydrogen-bond donors (Lipinski definition) is 1. The van der Waals surface area contributed by atoms with Crippen LogP contribution in [-0.4, -0.2) is 19.7 Å². The monoisotopic (exact) mass is 395 g/mol. The van der Waals surface area contributed by atoms with E-state index in [2.05, 4.69) is 15.1 Å². The number of nitrogen functional groups attached to an aromatic ring is 1. The highest BCUT2D eigenvalue weighted by Gasteiger charge is 2.43. The molecule has 0 saturated carbocycles. The molecule has 0 amide bonds. The molecule has 0 spiro atoms. The zero-order chi connectivity index (χ0) is 19.4. The van der Waals surface area contributed by atoms with Crippen molar-refractivity contribution in [3.8, 4) is 5.69 Å². The Bertz CT molecular complexity index is 1010. The first-order valence-corrected chi connectivity index (χ1v) is 7.24. The van der Waals surface area contributed by atoms with E-state index < -0.39 is 40.7 Å². The standard InChI is InChI=1S/C14H8ClF6N5/c1-5-2-3-7(6(15)4-5)26-10(22)8-9(13(16,17)18)23-12(14(19,20)21)24-11(8)25-26/h2-4H,22H2,1H3. The summed E-state index contributed by atoms with van der Waals surface area (Å²) in [6.45, 7) is 1.72. The molecule has 2 aromatic heterocycles. The van der Waals surface area contributed by atoms with Gasteiger partial charge in [-0.05, 0) is 24.6 Å². The maximum Gasteiger partial charge on any atom is 0.451 e. The lowest BCUT2D eigenvalue weighted by atomic mass is 10.2. The molecular weight excluding hydrogens is 388 g/mol. The summed E-state index contributed by atoms with van der Waals surface area (Å²) in [7, 11) is 0. The van der Waals surface area contributed by atoms with Gasteiger partial charge >= 0.3 is 12.4 Å². The van der Waals surface area contributed by atoms with Crippen LogP contribution in [0.1, 0.15) is 17.1 Å². The Balaban J connectivity index is 2.38. The van der Waals surface area contributed by atoms with Crippen molar-refractivity contribution in [3.05, 3.63) is 40.3 Å². The van der Waals surface area contributed by atoms with Crippen molar-refractivity contribution in [3.63, 3.8) is 0 Å². The number of hydrogen-bond acceptors (Lipinski definition) is 4. The Kier molecular flexibility index (Phi) is 4.02. The lowest BCUT2D eigenvalue weighted by molar-refractivity contribution is -0.151. The molecule has 0 aliphatic heterocycles. The molecule has 0 aliphatic rings. The lowest BCUT2D eigenvalue weighted by Gasteiger charge is -2.11. The molecule has 0 aliphatic carbocycles. The number of halogens is 7. The molecule has 138 valence electrons. The number of nitrogens with zero attached hydrogens (tertiary/aromatic N) is 4. The number of aryl methyl sites for hydroxylation is 1. The first-order chi connectivity index (χ1) is 11.9. The van der Waals surface area contributed by atoms with Crippen LogP contribution in [0.25, 0.3) is 16.7 Å². The van der Waals surface area contributed by atoms with E-state index in [0.717, 1.165) is 10.2 Å². The highest BCUT2D eigenvalue weighted by atomic mass is 35.5. The number of rotatable bonds is 1. The molecule has 3 aromatic rings. The second-order valence-electron chi connectivity index (χ2n) is 5.34. The summed E-state index contributed by atoms with van der Waals surface area (Å²) in [6, 6.07) is 4.51. The topological polar surface area (TPSA) is 69.6 Å². The number of anilines is 1. The van der Waals surface area contributed by atoms with Gasteiger partial charge in [-0.25, -0.2) is 14.6 Å². The molecule has 0 unspecified atom stereocenters. The van der Waals surface area contributed by atoms with Gasteiger partial charge in [0.1, 0.15) is 5.82 Å². The van der Waals surface area contributed by atoms with Gasteiger partial charge in [-0.1, -0.05) is 17.7 Å². The summed E-state index contributed by atoms with van der Waals surface area (Å²) in [5.74, 6) is -2.54. The first-order valence-electron chi connectivity index (χ1n) is 6.86. The van der Waals surface area contributed by atoms with Gasteiger partial charge in [-0.15, -0.1) is 5.10 Å². The van der Waals surface area contributed by atoms with E-state index in [1.807, 2.05) is 0 Å². The van der Waals surface area contributed by atoms with E-state index in [1.165, 1.54) is 12.1 Å². The fourth-order valence-corrected chi connectivity index (χ4v) is 2.63. The summed E-state index contributed by atoms with van der Waals surface area (Å²) in [5, 5.41) is 2.95. The molecule has 2 N–H and O–H groups in total. The van der Waals surface area contributed by atoms with Crippen LogP contribution in [0.15, 0.2) is 18.2 Å². The number of alkyl halides is 6. The van der Waals surface area contributed by atoms with Crippen LogP contribution in [0.5, 0.6) is 0 Å². The fraction of sp³-hybridized carbons (Fsp3) is 0.214. The van der Waals surface area contributed by atoms with Crippen LogP contribution >= 0.6 is 11.6 Å². The molecule has 0 fully saturated rings. The summed E-state index contributed by atoms with van der Waals surface area (Å²) in [6.07, 6.45) is -10.4. The van der Waals surface area contributed by atoms with Gasteiger partial charge < -0.3 is 5.73 Å². The van der Waals surface area contributed by atoms with Gasteiger partial charge in [0, 0.05) is 0 Å². The highest BCUT2D eigenvalue weighted by molar-refractivity contribution is 6.32. The number of nitrogens with two attached hydrogens (primary N) is 1. The molecule has 0 atom stereocenters. The molecule has 1 aromatic carbocycles. The van der Waals surface area contributed by atoms with Crippen LogP contribution in [-0.2, 0) is 12.4 Å². The summed E-state index contributed by atoms with van der Waals surface area (Å²) in [4.78, 5) is 5.70. The SMILES string of the molecule is Cc1ccc(-n2nc3nc(C(F)(F)F)nc(C(F)(F)F)c3c2N)c(Cl)c1. The van der Waals surface area contributed by atoms with Gasteiger partial charge in [-0.3, -0.25) is 0 Å². The van der Waals surface area contributed by atoms with Crippen LogP contribution in [0.2, 0.25) is 5.02 Å². The van der Waals surface area contributed by atoms with Crippen LogP contribution in [0.3, 0.4) is 0 Å². The Morgan fingerprint density at radius 3 is 2.23 bits per heavy atom. The number of aromatic nitrogens is 4. The minimum atomic E-state index is -5.19. The van der Waals surface area contributed by atoms with Crippen molar-refractivity contribution >= 4 is 28.5 Å². The smallest absolute Gasteiger partial charge is 0.383 e. The quantitative estimate of drug-likeness (QED) is 0.620. The Morgan fingerprint density at radius 2 is 1.69 bits per heavy atom. The van der Waals surface area contributed by atoms with E-state index in [0.29, 0.717) is 0 Å². The Labute approximate surface area is 146 Å². The zero-order valence-electron chi connectivity index (χ0n) is 12.7. The van der Waals surface area contributed by atoms with Crippen molar-refractivity contribution in [2.75, 3.05) is 5.73 Å². The first kappa shape index (κ1) is 18.2. The predicted molar refractivity (Wildman–Crippen MR) is 80.8 cm³/mol. The number of fused-ring (bicyclic) bond motifs is 1. The maximum atomic E-state index is 13.2. The summed E-state index contributed by atoms with van der Waals surface area (Å²) >= 11 is 6.04. The molecular formula is C14H8ClF6N5. The van der Waals surface area contributed by atoms with Crippen molar-refractivity contribution in [2.45, 2.75) is 19.3 Å². The van der Waals surface area contributed by atoms with Crippen molar-refractivity contribution in [1.29, 1.82) is 0 Å². The minimum absolute atomic E-state index is 0.0921. The van der Waals surface area contributed by atoms with Gasteiger partial charge in [0.05, 0.1) is 16.1 Å². The van der Waals surface area contributed by atoms with E-state index in [4.69, 9.17) is 17.3 Å². The van der Waals surface area contributed by atoms with Crippen molar-refractivity contribution < 1.29 is 26.3 Å². The predicted octanol–water partition coefficient (Wildman–Crippen LogP) is 4.40. The largest absolute Gasteiger partial charge is 0.451 e. The van der Waals surface area contributed by atoms with E-state index in [9.17, 15) is 26.3 Å². The molecule has 26 heavy (non-hydrogen) atoms. The molecule has 0 saturated heterocycles. The van der Waals surface area contributed by atoms with Crippen molar-refractivity contribution in [2.24, 2.45) is 0 Å². The summed E-state index contributed by atoms with van der Waals surface area (Å²) < 4.78 is 79.0. The zero-order valence-corrected chi connectivity index (χ0v) is 13.5. The maximum absolute atomic E-state index is 13.2. The third-order valence-electron chi connectivity index (χ3n) is 3.42. The third-order valence-corrected chi connectivity index (χ3v) is 3.73. The van der Waals surface area contributed by atoms with Gasteiger partial charge in [-0.2, -0.15) is 26.3 Å². The molecule has 5 nitrogen and oxygen atoms in total. The highest BCUT2D eigenvalue weighted by Crippen LogP contribution is 2.39. The Hall–Kier alpha value is -2.56. The van der Waals surface area contributed by atoms with Crippen LogP contribution < -0.4 is 5.73 Å². The van der Waals surface area contributed by atoms with Crippen LogP contribution in [0, 0.1) is 6.92 Å². The average Bonchev–Trinajstić information content (AvgIpc) is 2.81. The third kappa shape index (κ3) is 3.02. The van der Waals surface area contributed by atoms with Gasteiger partial charge in [0.25, 0.3) is 0 Å². The Morgan fingerprint density at radius 1 is 1.04 bits per heavy atom. The average molecular weight is 396 g/mol. The van der Waals surface area contributed by atoms with E-state index in [-0.39, 0.29) is 10.7 Å². The summed E-state index contributed by atoms with van der Waals surface area (Å²) in [5.41, 5.74) is 3.90. The van der Waals surface area contributed by atoms with Gasteiger partial charge in [0.15, 0.2) is 11.3 Å². The number of benzene rings is 1. The van der Waals surface area contributed by atoms with Gasteiger partial charge in [0.2, 0.25) is 5.82 Å². The second-order valence-corrected chi connectivity index (χ2v) is 5.75. The molecule has 12 heteroatoms. The molecule has 0 radical (unpaired) electrons. The lowest BCUT2D eigenvalue weighted by Crippen LogP contribution is -2.17. The van der Waals surface area contributed by atoms with E-state index >= 15 is 0 Å². The molecule has 3 rings (SSSR count). The normalized spacial score (nSPS) is 12.8. The fourth-order valence-electron chi connectivity index (χ4n) is 2.31. The van der Waals surface area contributed by atoms with Crippen LogP contribution in [0.4, 0.5) is 32.2 Å². The second kappa shape index (κ2) is 5.73. The van der Waals surface area contributed by atoms with Crippen molar-refractivity contribution in [1.82, 2.24) is 19.7 Å². The molecule has 0 bridgehead atoms. The van der Waals surface area contributed by atoms with E-state index in [1.54, 1.807) is 13.0 Å².